The third-order valence-corrected chi connectivity index (χ3v) is 5.46. The Bertz CT molecular complexity index is 1250. The second kappa shape index (κ2) is 10.1. The lowest BCUT2D eigenvalue weighted by Gasteiger charge is -2.16. The molecule has 0 spiro atoms. The van der Waals surface area contributed by atoms with Gasteiger partial charge in [0.1, 0.15) is 12.2 Å². The molecular formula is C28H26N2O4. The van der Waals surface area contributed by atoms with Crippen LogP contribution in [0, 0.1) is 6.92 Å². The molecule has 3 aromatic carbocycles. The average molecular weight is 455 g/mol. The van der Waals surface area contributed by atoms with Gasteiger partial charge in [-0.25, -0.2) is 5.01 Å². The summed E-state index contributed by atoms with van der Waals surface area (Å²) in [5, 5.41) is 1.25. The monoisotopic (exact) mass is 454 g/mol. The minimum atomic E-state index is -0.460. The number of methoxy groups -OCH3 is 1. The number of allylic oxidation sites excluding steroid dienone is 1. The molecule has 6 heteroatoms. The van der Waals surface area contributed by atoms with E-state index in [-0.39, 0.29) is 5.57 Å². The molecule has 172 valence electrons. The summed E-state index contributed by atoms with van der Waals surface area (Å²) < 4.78 is 11.7. The molecule has 1 fully saturated rings. The molecule has 0 bridgehead atoms. The minimum Gasteiger partial charge on any atom is -0.493 e. The quantitative estimate of drug-likeness (QED) is 0.302. The first-order chi connectivity index (χ1) is 16.5. The number of nitrogens with one attached hydrogen (secondary N) is 1. The molecule has 6 nitrogen and oxygen atoms in total. The van der Waals surface area contributed by atoms with Gasteiger partial charge < -0.3 is 9.47 Å². The van der Waals surface area contributed by atoms with Gasteiger partial charge in [0, 0.05) is 5.56 Å². The van der Waals surface area contributed by atoms with Crippen molar-refractivity contribution < 1.29 is 19.1 Å². The van der Waals surface area contributed by atoms with Gasteiger partial charge >= 0.3 is 0 Å². The standard InChI is InChI=1S/C28H26N2O4/c1-4-8-22-15-21(16-24-27(31)29-30(28(24)32)23-9-6-5-7-10-23)17-25(33-3)26(22)34-18-20-13-11-19(2)12-14-20/h4-7,9-17H,1,8,18H2,2-3H3,(H,29,31)/b24-16-. The maximum Gasteiger partial charge on any atom is 0.282 e. The second-order valence-electron chi connectivity index (χ2n) is 7.95. The Morgan fingerprint density at radius 1 is 1.03 bits per heavy atom. The van der Waals surface area contributed by atoms with Crippen molar-refractivity contribution in [1.29, 1.82) is 0 Å². The number of carbonyl (C=O) groups excluding carboxylic acids is 2. The van der Waals surface area contributed by atoms with Crippen LogP contribution in [0.25, 0.3) is 6.08 Å². The number of nitrogens with zero attached hydrogens (tertiary/aromatic N) is 1. The van der Waals surface area contributed by atoms with E-state index in [4.69, 9.17) is 9.47 Å². The van der Waals surface area contributed by atoms with Crippen molar-refractivity contribution in [3.63, 3.8) is 0 Å². The van der Waals surface area contributed by atoms with Crippen molar-refractivity contribution in [3.8, 4) is 11.5 Å². The fraction of sp³-hybridized carbons (Fsp3) is 0.143. The lowest BCUT2D eigenvalue weighted by Crippen LogP contribution is -2.35. The summed E-state index contributed by atoms with van der Waals surface area (Å²) in [5.41, 5.74) is 6.98. The molecule has 0 radical (unpaired) electrons. The van der Waals surface area contributed by atoms with Gasteiger partial charge in [0.05, 0.1) is 12.8 Å². The number of benzene rings is 3. The van der Waals surface area contributed by atoms with E-state index in [1.54, 1.807) is 49.6 Å². The minimum absolute atomic E-state index is 0.0452. The zero-order chi connectivity index (χ0) is 24.1. The summed E-state index contributed by atoms with van der Waals surface area (Å²) in [7, 11) is 1.56. The smallest absolute Gasteiger partial charge is 0.282 e. The van der Waals surface area contributed by atoms with Crippen molar-refractivity contribution in [1.82, 2.24) is 5.43 Å². The van der Waals surface area contributed by atoms with E-state index >= 15 is 0 Å². The molecule has 1 aliphatic heterocycles. The van der Waals surface area contributed by atoms with Gasteiger partial charge in [-0.05, 0) is 54.8 Å². The Hall–Kier alpha value is -4.32. The molecule has 34 heavy (non-hydrogen) atoms. The third-order valence-electron chi connectivity index (χ3n) is 5.46. The second-order valence-corrected chi connectivity index (χ2v) is 7.95. The number of aryl methyl sites for hydroxylation is 1. The highest BCUT2D eigenvalue weighted by Gasteiger charge is 2.34. The molecule has 2 amide bonds. The molecule has 1 heterocycles. The van der Waals surface area contributed by atoms with Gasteiger partial charge in [-0.1, -0.05) is 54.1 Å². The summed E-state index contributed by atoms with van der Waals surface area (Å²) in [4.78, 5) is 25.5. The summed E-state index contributed by atoms with van der Waals surface area (Å²) >= 11 is 0. The highest BCUT2D eigenvalue weighted by atomic mass is 16.5. The van der Waals surface area contributed by atoms with Gasteiger partial charge in [0.15, 0.2) is 11.5 Å². The summed E-state index contributed by atoms with van der Waals surface area (Å²) in [6.07, 6.45) is 3.88. The average Bonchev–Trinajstić information content (AvgIpc) is 3.13. The van der Waals surface area contributed by atoms with Crippen LogP contribution < -0.4 is 19.9 Å². The largest absolute Gasteiger partial charge is 0.493 e. The predicted octanol–water partition coefficient (Wildman–Crippen LogP) is 4.77. The van der Waals surface area contributed by atoms with E-state index in [1.807, 2.05) is 43.3 Å². The Morgan fingerprint density at radius 3 is 2.44 bits per heavy atom. The summed E-state index contributed by atoms with van der Waals surface area (Å²) in [5.74, 6) is 0.250. The number of hydrogen-bond acceptors (Lipinski definition) is 4. The molecule has 1 N–H and O–H groups in total. The molecule has 3 aromatic rings. The van der Waals surface area contributed by atoms with E-state index in [9.17, 15) is 9.59 Å². The van der Waals surface area contributed by atoms with E-state index in [2.05, 4.69) is 12.0 Å². The van der Waals surface area contributed by atoms with Crippen molar-refractivity contribution in [2.75, 3.05) is 12.1 Å². The molecule has 1 saturated heterocycles. The molecule has 0 aromatic heterocycles. The Balaban J connectivity index is 1.64. The van der Waals surface area contributed by atoms with E-state index in [0.29, 0.717) is 35.8 Å². The van der Waals surface area contributed by atoms with E-state index < -0.39 is 11.8 Å². The van der Waals surface area contributed by atoms with Gasteiger partial charge in [0.2, 0.25) is 0 Å². The molecule has 0 aliphatic carbocycles. The van der Waals surface area contributed by atoms with Crippen LogP contribution in [0.3, 0.4) is 0 Å². The number of carbonyl (C=O) groups is 2. The van der Waals surface area contributed by atoms with Crippen molar-refractivity contribution >= 4 is 23.6 Å². The normalized spacial score (nSPS) is 14.3. The van der Waals surface area contributed by atoms with Crippen molar-refractivity contribution in [2.45, 2.75) is 20.0 Å². The molecule has 0 saturated carbocycles. The number of amides is 2. The molecule has 0 unspecified atom stereocenters. The molecule has 0 atom stereocenters. The third kappa shape index (κ3) is 4.86. The Kier molecular flexibility index (Phi) is 6.78. The fourth-order valence-electron chi connectivity index (χ4n) is 3.71. The van der Waals surface area contributed by atoms with Crippen LogP contribution in [0.2, 0.25) is 0 Å². The summed E-state index contributed by atoms with van der Waals surface area (Å²) in [6.45, 7) is 6.27. The van der Waals surface area contributed by atoms with E-state index in [0.717, 1.165) is 11.1 Å². The molecule has 4 rings (SSSR count). The lowest BCUT2D eigenvalue weighted by molar-refractivity contribution is -0.117. The van der Waals surface area contributed by atoms with Crippen LogP contribution in [-0.2, 0) is 22.6 Å². The van der Waals surface area contributed by atoms with Gasteiger partial charge in [-0.15, -0.1) is 6.58 Å². The Labute approximate surface area is 199 Å². The number of hydrazine groups is 1. The Morgan fingerprint density at radius 2 is 1.76 bits per heavy atom. The SMILES string of the molecule is C=CCc1cc(/C=C2/C(=O)NN(c3ccccc3)C2=O)cc(OC)c1OCc1ccc(C)cc1. The van der Waals surface area contributed by atoms with Crippen molar-refractivity contribution in [3.05, 3.63) is 107 Å². The lowest BCUT2D eigenvalue weighted by atomic mass is 10.0. The van der Waals surface area contributed by atoms with Gasteiger partial charge in [-0.3, -0.25) is 15.0 Å². The molecular weight excluding hydrogens is 428 g/mol. The number of anilines is 1. The fourth-order valence-corrected chi connectivity index (χ4v) is 3.71. The number of para-hydroxylation sites is 1. The van der Waals surface area contributed by atoms with E-state index in [1.165, 1.54) is 10.6 Å². The zero-order valence-electron chi connectivity index (χ0n) is 19.2. The van der Waals surface area contributed by atoms with Crippen LogP contribution in [0.15, 0.2) is 85.0 Å². The first-order valence-electron chi connectivity index (χ1n) is 10.9. The number of rotatable bonds is 8. The van der Waals surface area contributed by atoms with Crippen LogP contribution in [0.4, 0.5) is 5.69 Å². The maximum atomic E-state index is 12.9. The van der Waals surface area contributed by atoms with Crippen LogP contribution in [0.1, 0.15) is 22.3 Å². The number of hydrogen-bond donors (Lipinski definition) is 1. The van der Waals surface area contributed by atoms with Crippen LogP contribution in [-0.4, -0.2) is 18.9 Å². The highest BCUT2D eigenvalue weighted by Crippen LogP contribution is 2.35. The van der Waals surface area contributed by atoms with Gasteiger partial charge in [-0.2, -0.15) is 0 Å². The molecule has 1 aliphatic rings. The topological polar surface area (TPSA) is 67.9 Å². The highest BCUT2D eigenvalue weighted by molar-refractivity contribution is 6.31. The zero-order valence-corrected chi connectivity index (χ0v) is 19.2. The summed E-state index contributed by atoms with van der Waals surface area (Å²) in [6, 6.07) is 20.7. The predicted molar refractivity (Wildman–Crippen MR) is 132 cm³/mol. The van der Waals surface area contributed by atoms with Crippen molar-refractivity contribution in [2.24, 2.45) is 0 Å². The first-order valence-corrected chi connectivity index (χ1v) is 10.9. The van der Waals surface area contributed by atoms with Crippen LogP contribution in [0.5, 0.6) is 11.5 Å². The first kappa shape index (κ1) is 22.9. The maximum absolute atomic E-state index is 12.9. The number of ether oxygens (including phenoxy) is 2. The van der Waals surface area contributed by atoms with Crippen LogP contribution >= 0.6 is 0 Å². The van der Waals surface area contributed by atoms with Gasteiger partial charge in [0.25, 0.3) is 11.8 Å².